The fourth-order valence-corrected chi connectivity index (χ4v) is 2.75. The molecule has 2 heterocycles. The second kappa shape index (κ2) is 6.97. The molecule has 0 unspecified atom stereocenters. The van der Waals surface area contributed by atoms with Gasteiger partial charge in [-0.2, -0.15) is 4.98 Å². The Hall–Kier alpha value is -3.58. The van der Waals surface area contributed by atoms with E-state index >= 15 is 0 Å². The van der Waals surface area contributed by atoms with Gasteiger partial charge in [0.1, 0.15) is 5.75 Å². The number of nitrogens with zero attached hydrogens (tertiary/aromatic N) is 4. The summed E-state index contributed by atoms with van der Waals surface area (Å²) in [4.78, 5) is 23.5. The van der Waals surface area contributed by atoms with Gasteiger partial charge in [0.15, 0.2) is 5.82 Å². The molecule has 4 rings (SSSR count). The van der Waals surface area contributed by atoms with Gasteiger partial charge in [-0.3, -0.25) is 15.1 Å². The Labute approximate surface area is 158 Å². The van der Waals surface area contributed by atoms with Crippen molar-refractivity contribution < 1.29 is 9.66 Å². The molecule has 2 aromatic carbocycles. The first kappa shape index (κ1) is 16.9. The lowest BCUT2D eigenvalue weighted by Crippen LogP contribution is -1.97. The monoisotopic (exact) mass is 378 g/mol. The Bertz CT molecular complexity index is 1150. The van der Waals surface area contributed by atoms with E-state index in [2.05, 4.69) is 15.0 Å². The van der Waals surface area contributed by atoms with Gasteiger partial charge in [0.2, 0.25) is 5.88 Å². The molecule has 0 N–H and O–H groups in total. The molecule has 8 heteroatoms. The number of aromatic nitrogens is 3. The molecule has 7 nitrogen and oxygen atoms in total. The van der Waals surface area contributed by atoms with Gasteiger partial charge in [-0.15, -0.1) is 0 Å². The summed E-state index contributed by atoms with van der Waals surface area (Å²) < 4.78 is 5.89. The van der Waals surface area contributed by atoms with E-state index in [9.17, 15) is 10.1 Å². The Kier molecular flexibility index (Phi) is 4.35. The van der Waals surface area contributed by atoms with Crippen LogP contribution in [0, 0.1) is 10.1 Å². The van der Waals surface area contributed by atoms with Crippen LogP contribution in [0.1, 0.15) is 0 Å². The van der Waals surface area contributed by atoms with Crippen LogP contribution >= 0.6 is 11.6 Å². The molecule has 0 bridgehead atoms. The molecule has 0 amide bonds. The van der Waals surface area contributed by atoms with Gasteiger partial charge in [0.05, 0.1) is 20.8 Å². The summed E-state index contributed by atoms with van der Waals surface area (Å²) in [5, 5.41) is 11.7. The number of nitro groups is 1. The maximum Gasteiger partial charge on any atom is 0.271 e. The predicted octanol–water partition coefficient (Wildman–Crippen LogP) is 5.05. The molecular formula is C19H11ClN4O3. The maximum absolute atomic E-state index is 10.9. The molecule has 0 saturated carbocycles. The van der Waals surface area contributed by atoms with Crippen LogP contribution in [0.2, 0.25) is 5.02 Å². The first-order valence-corrected chi connectivity index (χ1v) is 8.28. The molecule has 0 aliphatic rings. The highest BCUT2D eigenvalue weighted by atomic mass is 35.5. The second-order valence-corrected chi connectivity index (χ2v) is 5.99. The number of rotatable bonds is 4. The zero-order valence-corrected chi connectivity index (χ0v) is 14.5. The van der Waals surface area contributed by atoms with Gasteiger partial charge in [-0.1, -0.05) is 23.7 Å². The Morgan fingerprint density at radius 1 is 1.04 bits per heavy atom. The predicted molar refractivity (Wildman–Crippen MR) is 101 cm³/mol. The highest BCUT2D eigenvalue weighted by Gasteiger charge is 2.15. The first-order chi connectivity index (χ1) is 13.1. The minimum Gasteiger partial charge on any atom is -0.437 e. The van der Waals surface area contributed by atoms with E-state index in [0.717, 1.165) is 5.56 Å². The van der Waals surface area contributed by atoms with Crippen molar-refractivity contribution in [1.29, 1.82) is 0 Å². The number of benzene rings is 2. The molecular weight excluding hydrogens is 368 g/mol. The zero-order valence-electron chi connectivity index (χ0n) is 13.7. The number of non-ortho nitro benzene ring substituents is 1. The minimum absolute atomic E-state index is 0.115. The summed E-state index contributed by atoms with van der Waals surface area (Å²) in [6.07, 6.45) is 3.32. The summed E-state index contributed by atoms with van der Waals surface area (Å²) in [7, 11) is 0. The van der Waals surface area contributed by atoms with Crippen LogP contribution in [0.15, 0.2) is 67.0 Å². The van der Waals surface area contributed by atoms with Gasteiger partial charge in [0.25, 0.3) is 5.69 Å². The summed E-state index contributed by atoms with van der Waals surface area (Å²) >= 11 is 6.15. The normalized spacial score (nSPS) is 10.7. The lowest BCUT2D eigenvalue weighted by Gasteiger charge is -2.11. The van der Waals surface area contributed by atoms with Crippen LogP contribution in [0.4, 0.5) is 5.69 Å². The van der Waals surface area contributed by atoms with Gasteiger partial charge >= 0.3 is 0 Å². The van der Waals surface area contributed by atoms with Crippen molar-refractivity contribution in [3.63, 3.8) is 0 Å². The SMILES string of the molecule is O=[N+]([O-])c1ccc(Oc2nc(-c3cccnc3)nc3ccccc23)c(Cl)c1. The first-order valence-electron chi connectivity index (χ1n) is 7.91. The van der Waals surface area contributed by atoms with Crippen LogP contribution < -0.4 is 4.74 Å². The van der Waals surface area contributed by atoms with E-state index < -0.39 is 4.92 Å². The molecule has 0 fully saturated rings. The van der Waals surface area contributed by atoms with Gasteiger partial charge < -0.3 is 4.74 Å². The van der Waals surface area contributed by atoms with Gasteiger partial charge in [-0.25, -0.2) is 4.98 Å². The average Bonchev–Trinajstić information content (AvgIpc) is 2.70. The molecule has 0 spiro atoms. The summed E-state index contributed by atoms with van der Waals surface area (Å²) in [5.41, 5.74) is 1.32. The number of ether oxygens (including phenoxy) is 1. The standard InChI is InChI=1S/C19H11ClN4O3/c20-15-10-13(24(25)26)7-8-17(15)27-19-14-5-1-2-6-16(14)22-18(23-19)12-4-3-9-21-11-12/h1-11H. The van der Waals surface area contributed by atoms with Crippen molar-refractivity contribution >= 4 is 28.2 Å². The van der Waals surface area contributed by atoms with E-state index in [4.69, 9.17) is 16.3 Å². The van der Waals surface area contributed by atoms with Gasteiger partial charge in [-0.05, 0) is 30.3 Å². The molecule has 0 atom stereocenters. The molecule has 2 aromatic heterocycles. The van der Waals surface area contributed by atoms with Crippen molar-refractivity contribution in [2.75, 3.05) is 0 Å². The summed E-state index contributed by atoms with van der Waals surface area (Å²) in [6, 6.07) is 15.0. The van der Waals surface area contributed by atoms with Crippen LogP contribution in [0.5, 0.6) is 11.6 Å². The van der Waals surface area contributed by atoms with Crippen molar-refractivity contribution in [2.24, 2.45) is 0 Å². The Morgan fingerprint density at radius 2 is 1.89 bits per heavy atom. The van der Waals surface area contributed by atoms with Crippen molar-refractivity contribution in [2.45, 2.75) is 0 Å². The summed E-state index contributed by atoms with van der Waals surface area (Å²) in [5.74, 6) is 1.02. The van der Waals surface area contributed by atoms with Gasteiger partial charge in [0, 0.05) is 30.1 Å². The molecule has 0 radical (unpaired) electrons. The largest absolute Gasteiger partial charge is 0.437 e. The third kappa shape index (κ3) is 3.40. The number of hydrogen-bond acceptors (Lipinski definition) is 6. The fourth-order valence-electron chi connectivity index (χ4n) is 2.54. The number of pyridine rings is 1. The smallest absolute Gasteiger partial charge is 0.271 e. The maximum atomic E-state index is 10.9. The van der Waals surface area contributed by atoms with Crippen LogP contribution in [-0.2, 0) is 0 Å². The number of fused-ring (bicyclic) bond motifs is 1. The van der Waals surface area contributed by atoms with E-state index in [1.165, 1.54) is 18.2 Å². The molecule has 0 aliphatic heterocycles. The second-order valence-electron chi connectivity index (χ2n) is 5.59. The number of para-hydroxylation sites is 1. The van der Waals surface area contributed by atoms with E-state index in [1.807, 2.05) is 30.3 Å². The Morgan fingerprint density at radius 3 is 2.63 bits per heavy atom. The molecule has 4 aromatic rings. The highest BCUT2D eigenvalue weighted by Crippen LogP contribution is 2.35. The quantitative estimate of drug-likeness (QED) is 0.364. The fraction of sp³-hybridized carbons (Fsp3) is 0. The lowest BCUT2D eigenvalue weighted by molar-refractivity contribution is -0.384. The third-order valence-corrected chi connectivity index (χ3v) is 4.12. The molecule has 0 aliphatic carbocycles. The number of nitro benzene ring substituents is 1. The topological polar surface area (TPSA) is 91.0 Å². The molecule has 132 valence electrons. The van der Waals surface area contributed by atoms with Crippen LogP contribution in [0.25, 0.3) is 22.3 Å². The average molecular weight is 379 g/mol. The number of hydrogen-bond donors (Lipinski definition) is 0. The highest BCUT2D eigenvalue weighted by molar-refractivity contribution is 6.32. The van der Waals surface area contributed by atoms with Crippen molar-refractivity contribution in [3.05, 3.63) is 82.1 Å². The van der Waals surface area contributed by atoms with Crippen molar-refractivity contribution in [3.8, 4) is 23.0 Å². The zero-order chi connectivity index (χ0) is 18.8. The Balaban J connectivity index is 1.82. The lowest BCUT2D eigenvalue weighted by atomic mass is 10.2. The van der Waals surface area contributed by atoms with E-state index in [1.54, 1.807) is 18.5 Å². The van der Waals surface area contributed by atoms with Crippen molar-refractivity contribution in [1.82, 2.24) is 15.0 Å². The minimum atomic E-state index is -0.518. The molecule has 27 heavy (non-hydrogen) atoms. The molecule has 0 saturated heterocycles. The summed E-state index contributed by atoms with van der Waals surface area (Å²) in [6.45, 7) is 0. The van der Waals surface area contributed by atoms with E-state index in [-0.39, 0.29) is 16.5 Å². The van der Waals surface area contributed by atoms with Crippen LogP contribution in [-0.4, -0.2) is 19.9 Å². The third-order valence-electron chi connectivity index (χ3n) is 3.82. The number of halogens is 1. The van der Waals surface area contributed by atoms with E-state index in [0.29, 0.717) is 22.6 Å². The van der Waals surface area contributed by atoms with Crippen LogP contribution in [0.3, 0.4) is 0 Å².